The van der Waals surface area contributed by atoms with Crippen LogP contribution in [0.5, 0.6) is 0 Å². The van der Waals surface area contributed by atoms with Gasteiger partial charge >= 0.3 is 0 Å². The van der Waals surface area contributed by atoms with Crippen LogP contribution >= 0.6 is 0 Å². The molecule has 0 aliphatic carbocycles. The molecule has 0 saturated carbocycles. The average molecular weight is 215 g/mol. The second-order valence-corrected chi connectivity index (χ2v) is 3.55. The summed E-state index contributed by atoms with van der Waals surface area (Å²) >= 11 is 0. The van der Waals surface area contributed by atoms with E-state index in [0.29, 0.717) is 12.2 Å². The van der Waals surface area contributed by atoms with E-state index in [1.54, 1.807) is 18.2 Å². The minimum absolute atomic E-state index is 0.393. The summed E-state index contributed by atoms with van der Waals surface area (Å²) in [5.74, 6) is -0.393. The normalized spacial score (nSPS) is 10.4. The number of nitrogens with two attached hydrogens (primary N) is 2. The van der Waals surface area contributed by atoms with Gasteiger partial charge in [0.2, 0.25) is 0 Å². The molecular weight excluding hydrogens is 203 g/mol. The number of nitrogen functional groups attached to an aromatic ring is 1. The molecule has 4 N–H and O–H groups in total. The summed E-state index contributed by atoms with van der Waals surface area (Å²) in [6.45, 7) is 0.439. The Kier molecular flexibility index (Phi) is 2.88. The van der Waals surface area contributed by atoms with Crippen LogP contribution < -0.4 is 11.5 Å². The molecule has 0 bridgehead atoms. The van der Waals surface area contributed by atoms with E-state index in [4.69, 9.17) is 11.5 Å². The third-order valence-electron chi connectivity index (χ3n) is 2.43. The lowest BCUT2D eigenvalue weighted by atomic mass is 10.0. The summed E-state index contributed by atoms with van der Waals surface area (Å²) in [7, 11) is 0. The van der Waals surface area contributed by atoms with Crippen LogP contribution in [0.25, 0.3) is 11.1 Å². The summed E-state index contributed by atoms with van der Waals surface area (Å²) in [6.07, 6.45) is 0. The summed E-state index contributed by atoms with van der Waals surface area (Å²) in [5, 5.41) is 0. The van der Waals surface area contributed by atoms with E-state index in [1.165, 1.54) is 6.07 Å². The highest BCUT2D eigenvalue weighted by molar-refractivity contribution is 5.76. The Labute approximate surface area is 93.7 Å². The first-order chi connectivity index (χ1) is 7.70. The lowest BCUT2D eigenvalue weighted by Gasteiger charge is -2.08. The molecule has 2 nitrogen and oxygen atoms in total. The van der Waals surface area contributed by atoms with E-state index in [1.807, 2.05) is 12.1 Å². The number of benzene rings is 2. The summed E-state index contributed by atoms with van der Waals surface area (Å²) < 4.78 is 13.0. The van der Waals surface area contributed by atoms with Crippen molar-refractivity contribution in [3.8, 4) is 11.1 Å². The van der Waals surface area contributed by atoms with Crippen LogP contribution in [0, 0.1) is 11.9 Å². The standard InChI is InChI=1S/C13H12FN2/c14-11-3-1-2-10(7-11)12-6-9(8-15)4-5-13(12)16/h1-2,4-7H,8,15-16H2. The first-order valence-corrected chi connectivity index (χ1v) is 4.97. The maximum atomic E-state index is 13.0. The van der Waals surface area contributed by atoms with Gasteiger partial charge in [-0.2, -0.15) is 0 Å². The van der Waals surface area contributed by atoms with Crippen molar-refractivity contribution in [2.75, 3.05) is 5.73 Å². The van der Waals surface area contributed by atoms with Crippen LogP contribution in [0.1, 0.15) is 5.56 Å². The van der Waals surface area contributed by atoms with Gasteiger partial charge < -0.3 is 11.5 Å². The van der Waals surface area contributed by atoms with E-state index < -0.39 is 5.82 Å². The molecule has 0 aliphatic heterocycles. The van der Waals surface area contributed by atoms with E-state index >= 15 is 0 Å². The fourth-order valence-corrected chi connectivity index (χ4v) is 1.59. The molecule has 0 amide bonds. The van der Waals surface area contributed by atoms with E-state index in [-0.39, 0.29) is 0 Å². The van der Waals surface area contributed by atoms with Crippen LogP contribution in [0.4, 0.5) is 10.1 Å². The molecule has 81 valence electrons. The molecule has 0 saturated heterocycles. The highest BCUT2D eigenvalue weighted by Crippen LogP contribution is 2.27. The van der Waals surface area contributed by atoms with Crippen LogP contribution in [0.2, 0.25) is 0 Å². The molecule has 3 heteroatoms. The molecule has 0 unspecified atom stereocenters. The molecule has 16 heavy (non-hydrogen) atoms. The van der Waals surface area contributed by atoms with Crippen molar-refractivity contribution < 1.29 is 4.39 Å². The molecule has 0 fully saturated rings. The molecular formula is C13H12FN2. The van der Waals surface area contributed by atoms with Crippen molar-refractivity contribution in [3.63, 3.8) is 0 Å². The predicted octanol–water partition coefficient (Wildman–Crippen LogP) is 2.33. The smallest absolute Gasteiger partial charge is 0.131 e. The molecule has 0 heterocycles. The summed E-state index contributed by atoms with van der Waals surface area (Å²) in [4.78, 5) is 0. The molecule has 2 rings (SSSR count). The van der Waals surface area contributed by atoms with Gasteiger partial charge in [-0.3, -0.25) is 0 Å². The number of hydrogen-bond donors (Lipinski definition) is 2. The Morgan fingerprint density at radius 3 is 2.69 bits per heavy atom. The first kappa shape index (κ1) is 10.6. The number of hydrogen-bond acceptors (Lipinski definition) is 2. The fourth-order valence-electron chi connectivity index (χ4n) is 1.59. The van der Waals surface area contributed by atoms with E-state index in [9.17, 15) is 4.39 Å². The second kappa shape index (κ2) is 4.33. The Morgan fingerprint density at radius 1 is 1.19 bits per heavy atom. The lowest BCUT2D eigenvalue weighted by Crippen LogP contribution is -1.98. The van der Waals surface area contributed by atoms with Gasteiger partial charge in [0, 0.05) is 23.9 Å². The third-order valence-corrected chi connectivity index (χ3v) is 2.43. The van der Waals surface area contributed by atoms with Crippen molar-refractivity contribution in [3.05, 3.63) is 53.8 Å². The van der Waals surface area contributed by atoms with E-state index in [2.05, 4.69) is 6.07 Å². The number of rotatable bonds is 2. The highest BCUT2D eigenvalue weighted by atomic mass is 19.1. The zero-order valence-electron chi connectivity index (χ0n) is 8.70. The monoisotopic (exact) mass is 215 g/mol. The van der Waals surface area contributed by atoms with Gasteiger partial charge in [-0.25, -0.2) is 4.39 Å². The zero-order valence-corrected chi connectivity index (χ0v) is 8.70. The lowest BCUT2D eigenvalue weighted by molar-refractivity contribution is 0.626. The van der Waals surface area contributed by atoms with Crippen molar-refractivity contribution in [1.82, 2.24) is 0 Å². The predicted molar refractivity (Wildman–Crippen MR) is 63.0 cm³/mol. The maximum Gasteiger partial charge on any atom is 0.131 e. The Hall–Kier alpha value is -1.87. The number of anilines is 1. The van der Waals surface area contributed by atoms with Gasteiger partial charge in [-0.1, -0.05) is 18.2 Å². The fraction of sp³-hybridized carbons (Fsp3) is 0.0769. The van der Waals surface area contributed by atoms with Crippen molar-refractivity contribution >= 4 is 5.69 Å². The minimum Gasteiger partial charge on any atom is -0.398 e. The molecule has 2 aromatic rings. The summed E-state index contributed by atoms with van der Waals surface area (Å²) in [6, 6.07) is 12.7. The largest absolute Gasteiger partial charge is 0.398 e. The summed E-state index contributed by atoms with van der Waals surface area (Å²) in [5.41, 5.74) is 14.5. The van der Waals surface area contributed by atoms with Crippen LogP contribution in [0.3, 0.4) is 0 Å². The van der Waals surface area contributed by atoms with Gasteiger partial charge in [0.15, 0.2) is 0 Å². The van der Waals surface area contributed by atoms with Crippen molar-refractivity contribution in [1.29, 1.82) is 0 Å². The maximum absolute atomic E-state index is 13.0. The first-order valence-electron chi connectivity index (χ1n) is 4.97. The van der Waals surface area contributed by atoms with Crippen LogP contribution in [0.15, 0.2) is 36.4 Å². The molecule has 0 atom stereocenters. The van der Waals surface area contributed by atoms with Crippen molar-refractivity contribution in [2.45, 2.75) is 6.54 Å². The topological polar surface area (TPSA) is 52.0 Å². The average Bonchev–Trinajstić information content (AvgIpc) is 2.30. The van der Waals surface area contributed by atoms with Crippen LogP contribution in [-0.2, 0) is 6.54 Å². The second-order valence-electron chi connectivity index (χ2n) is 3.55. The van der Waals surface area contributed by atoms with Gasteiger partial charge in [0.25, 0.3) is 0 Å². The SMILES string of the molecule is NCc1ccc(N)c(-c2cc[c]c(F)c2)c1. The van der Waals surface area contributed by atoms with Gasteiger partial charge in [-0.15, -0.1) is 0 Å². The third kappa shape index (κ3) is 2.04. The molecule has 0 spiro atoms. The van der Waals surface area contributed by atoms with Crippen molar-refractivity contribution in [2.24, 2.45) is 5.73 Å². The molecule has 2 aromatic carbocycles. The zero-order chi connectivity index (χ0) is 11.5. The Balaban J connectivity index is 2.54. The Morgan fingerprint density at radius 2 is 2.00 bits per heavy atom. The quantitative estimate of drug-likeness (QED) is 0.755. The van der Waals surface area contributed by atoms with Gasteiger partial charge in [-0.05, 0) is 29.3 Å². The Bertz CT molecular complexity index is 509. The molecule has 0 aliphatic rings. The van der Waals surface area contributed by atoms with Crippen LogP contribution in [-0.4, -0.2) is 0 Å². The van der Waals surface area contributed by atoms with E-state index in [0.717, 1.165) is 16.7 Å². The highest BCUT2D eigenvalue weighted by Gasteiger charge is 2.04. The molecule has 1 radical (unpaired) electrons. The minimum atomic E-state index is -0.393. The number of halogens is 1. The molecule has 0 aromatic heterocycles. The van der Waals surface area contributed by atoms with Gasteiger partial charge in [0.05, 0.1) is 0 Å². The van der Waals surface area contributed by atoms with Gasteiger partial charge in [0.1, 0.15) is 5.82 Å².